The summed E-state index contributed by atoms with van der Waals surface area (Å²) in [6.45, 7) is 5.73. The zero-order chi connectivity index (χ0) is 18.0. The first-order valence-electron chi connectivity index (χ1n) is 7.85. The highest BCUT2D eigenvalue weighted by Crippen LogP contribution is 2.23. The molecule has 0 saturated heterocycles. The lowest BCUT2D eigenvalue weighted by atomic mass is 10.3. The number of hydrogen-bond donors (Lipinski definition) is 1. The van der Waals surface area contributed by atoms with Crippen LogP contribution in [0.15, 0.2) is 24.5 Å². The van der Waals surface area contributed by atoms with Gasteiger partial charge in [-0.05, 0) is 32.4 Å². The van der Waals surface area contributed by atoms with Gasteiger partial charge in [0.2, 0.25) is 5.91 Å². The van der Waals surface area contributed by atoms with Crippen molar-refractivity contribution >= 4 is 34.0 Å². The first-order chi connectivity index (χ1) is 12.0. The van der Waals surface area contributed by atoms with E-state index in [9.17, 15) is 9.59 Å². The summed E-state index contributed by atoms with van der Waals surface area (Å²) in [6.07, 6.45) is 3.86. The number of nitrogens with one attached hydrogen (secondary N) is 1. The van der Waals surface area contributed by atoms with E-state index in [1.807, 2.05) is 35.9 Å². The molecule has 0 aliphatic rings. The van der Waals surface area contributed by atoms with Gasteiger partial charge < -0.3 is 14.5 Å². The monoisotopic (exact) mass is 358 g/mol. The number of amides is 1. The first kappa shape index (κ1) is 17.1. The Bertz CT molecular complexity index is 945. The Hall–Kier alpha value is -2.74. The normalized spacial score (nSPS) is 10.8. The fourth-order valence-electron chi connectivity index (χ4n) is 2.45. The highest BCUT2D eigenvalue weighted by molar-refractivity contribution is 7.17. The molecule has 0 spiro atoms. The van der Waals surface area contributed by atoms with Gasteiger partial charge in [-0.1, -0.05) is 17.4 Å². The topological polar surface area (TPSA) is 85.6 Å². The van der Waals surface area contributed by atoms with E-state index in [0.29, 0.717) is 28.0 Å². The van der Waals surface area contributed by atoms with Crippen molar-refractivity contribution in [2.75, 3.05) is 11.9 Å². The first-order valence-corrected chi connectivity index (χ1v) is 8.67. The molecule has 3 heterocycles. The van der Waals surface area contributed by atoms with Gasteiger partial charge in [0.05, 0.1) is 24.4 Å². The van der Waals surface area contributed by atoms with Gasteiger partial charge in [0.15, 0.2) is 5.13 Å². The van der Waals surface area contributed by atoms with Crippen molar-refractivity contribution in [3.05, 3.63) is 46.4 Å². The van der Waals surface area contributed by atoms with E-state index in [0.717, 1.165) is 22.5 Å². The standard InChI is InChI=1S/C17H18N4O3S/c1-4-24-16(23)14-11(3)18-17(25-14)20-13(22)8-12-9-21-7-5-6-10(2)15(21)19-12/h5-7,9H,4,8H2,1-3H3,(H,18,20,22). The van der Waals surface area contributed by atoms with E-state index in [4.69, 9.17) is 4.74 Å². The predicted octanol–water partition coefficient (Wildman–Crippen LogP) is 2.77. The smallest absolute Gasteiger partial charge is 0.350 e. The van der Waals surface area contributed by atoms with Crippen molar-refractivity contribution < 1.29 is 14.3 Å². The molecule has 0 bridgehead atoms. The van der Waals surface area contributed by atoms with Gasteiger partial charge in [-0.25, -0.2) is 14.8 Å². The van der Waals surface area contributed by atoms with Gasteiger partial charge in [-0.15, -0.1) is 0 Å². The van der Waals surface area contributed by atoms with Crippen LogP contribution in [-0.4, -0.2) is 32.9 Å². The van der Waals surface area contributed by atoms with Crippen molar-refractivity contribution in [1.29, 1.82) is 0 Å². The highest BCUT2D eigenvalue weighted by Gasteiger charge is 2.18. The van der Waals surface area contributed by atoms with E-state index in [1.165, 1.54) is 0 Å². The second kappa shape index (κ2) is 7.02. The molecule has 0 aromatic carbocycles. The minimum Gasteiger partial charge on any atom is -0.462 e. The molecule has 7 nitrogen and oxygen atoms in total. The number of anilines is 1. The third-order valence-electron chi connectivity index (χ3n) is 3.57. The average Bonchev–Trinajstić information content (AvgIpc) is 3.11. The summed E-state index contributed by atoms with van der Waals surface area (Å²) < 4.78 is 6.87. The highest BCUT2D eigenvalue weighted by atomic mass is 32.1. The quantitative estimate of drug-likeness (QED) is 0.709. The molecule has 0 radical (unpaired) electrons. The van der Waals surface area contributed by atoms with Crippen LogP contribution in [0, 0.1) is 13.8 Å². The van der Waals surface area contributed by atoms with Crippen LogP contribution in [0.5, 0.6) is 0 Å². The number of ether oxygens (including phenoxy) is 1. The van der Waals surface area contributed by atoms with Crippen LogP contribution in [0.2, 0.25) is 0 Å². The number of carbonyl (C=O) groups excluding carboxylic acids is 2. The Kier molecular flexibility index (Phi) is 4.80. The number of thiazole rings is 1. The molecule has 130 valence electrons. The summed E-state index contributed by atoms with van der Waals surface area (Å²) in [5.41, 5.74) is 3.09. The molecule has 0 unspecified atom stereocenters. The zero-order valence-corrected chi connectivity index (χ0v) is 15.0. The van der Waals surface area contributed by atoms with E-state index in [-0.39, 0.29) is 12.3 Å². The summed E-state index contributed by atoms with van der Waals surface area (Å²) in [7, 11) is 0. The Morgan fingerprint density at radius 2 is 2.12 bits per heavy atom. The van der Waals surface area contributed by atoms with Gasteiger partial charge in [-0.2, -0.15) is 0 Å². The Morgan fingerprint density at radius 1 is 1.32 bits per heavy atom. The van der Waals surface area contributed by atoms with Crippen LogP contribution in [0.25, 0.3) is 5.65 Å². The number of aryl methyl sites for hydroxylation is 2. The zero-order valence-electron chi connectivity index (χ0n) is 14.2. The van der Waals surface area contributed by atoms with Gasteiger partial charge in [0.25, 0.3) is 0 Å². The van der Waals surface area contributed by atoms with Gasteiger partial charge in [-0.3, -0.25) is 4.79 Å². The Labute approximate surface area is 148 Å². The second-order valence-electron chi connectivity index (χ2n) is 5.53. The van der Waals surface area contributed by atoms with E-state index < -0.39 is 5.97 Å². The molecule has 25 heavy (non-hydrogen) atoms. The van der Waals surface area contributed by atoms with E-state index >= 15 is 0 Å². The van der Waals surface area contributed by atoms with Gasteiger partial charge >= 0.3 is 5.97 Å². The fraction of sp³-hybridized carbons (Fsp3) is 0.294. The molecular formula is C17H18N4O3S. The van der Waals surface area contributed by atoms with Crippen LogP contribution in [0.1, 0.15) is 33.5 Å². The molecule has 0 atom stereocenters. The Morgan fingerprint density at radius 3 is 2.84 bits per heavy atom. The number of aromatic nitrogens is 3. The van der Waals surface area contributed by atoms with Crippen LogP contribution < -0.4 is 5.32 Å². The molecule has 0 aliphatic heterocycles. The number of nitrogens with zero attached hydrogens (tertiary/aromatic N) is 3. The molecule has 0 fully saturated rings. The van der Waals surface area contributed by atoms with Crippen molar-refractivity contribution in [1.82, 2.24) is 14.4 Å². The largest absolute Gasteiger partial charge is 0.462 e. The van der Waals surface area contributed by atoms with Crippen LogP contribution in [-0.2, 0) is 16.0 Å². The third kappa shape index (κ3) is 3.69. The molecular weight excluding hydrogens is 340 g/mol. The maximum Gasteiger partial charge on any atom is 0.350 e. The summed E-state index contributed by atoms with van der Waals surface area (Å²) in [5.74, 6) is -0.654. The Balaban J connectivity index is 1.71. The maximum absolute atomic E-state index is 12.2. The number of fused-ring (bicyclic) bond motifs is 1. The summed E-state index contributed by atoms with van der Waals surface area (Å²) in [4.78, 5) is 33.2. The second-order valence-corrected chi connectivity index (χ2v) is 6.53. The molecule has 0 saturated carbocycles. The summed E-state index contributed by atoms with van der Waals surface area (Å²) in [6, 6.07) is 3.91. The number of hydrogen-bond acceptors (Lipinski definition) is 6. The molecule has 3 aromatic rings. The average molecular weight is 358 g/mol. The lowest BCUT2D eigenvalue weighted by molar-refractivity contribution is -0.115. The van der Waals surface area contributed by atoms with Crippen molar-refractivity contribution in [2.45, 2.75) is 27.2 Å². The number of rotatable bonds is 5. The molecule has 0 aliphatic carbocycles. The summed E-state index contributed by atoms with van der Waals surface area (Å²) >= 11 is 1.11. The number of pyridine rings is 1. The number of carbonyl (C=O) groups is 2. The number of imidazole rings is 1. The van der Waals surface area contributed by atoms with Gasteiger partial charge in [0, 0.05) is 12.4 Å². The van der Waals surface area contributed by atoms with Crippen LogP contribution in [0.3, 0.4) is 0 Å². The minimum absolute atomic E-state index is 0.133. The van der Waals surface area contributed by atoms with Crippen molar-refractivity contribution in [3.63, 3.8) is 0 Å². The lowest BCUT2D eigenvalue weighted by Crippen LogP contribution is -2.14. The third-order valence-corrected chi connectivity index (χ3v) is 4.63. The molecule has 3 rings (SSSR count). The van der Waals surface area contributed by atoms with Gasteiger partial charge in [0.1, 0.15) is 10.5 Å². The fourth-order valence-corrected chi connectivity index (χ4v) is 3.33. The van der Waals surface area contributed by atoms with E-state index in [2.05, 4.69) is 15.3 Å². The molecule has 8 heteroatoms. The molecule has 1 amide bonds. The van der Waals surface area contributed by atoms with Crippen molar-refractivity contribution in [3.8, 4) is 0 Å². The molecule has 1 N–H and O–H groups in total. The van der Waals surface area contributed by atoms with Crippen molar-refractivity contribution in [2.24, 2.45) is 0 Å². The SMILES string of the molecule is CCOC(=O)c1sc(NC(=O)Cc2cn3cccc(C)c3n2)nc1C. The lowest BCUT2D eigenvalue weighted by Gasteiger charge is -1.99. The van der Waals surface area contributed by atoms with Crippen LogP contribution in [0.4, 0.5) is 5.13 Å². The predicted molar refractivity (Wildman–Crippen MR) is 95.1 cm³/mol. The summed E-state index contributed by atoms with van der Waals surface area (Å²) in [5, 5.41) is 3.10. The maximum atomic E-state index is 12.2. The minimum atomic E-state index is -0.422. The van der Waals surface area contributed by atoms with Crippen LogP contribution >= 0.6 is 11.3 Å². The molecule has 3 aromatic heterocycles. The number of esters is 1. The van der Waals surface area contributed by atoms with E-state index in [1.54, 1.807) is 13.8 Å².